The van der Waals surface area contributed by atoms with Gasteiger partial charge in [0.05, 0.1) is 0 Å². The van der Waals surface area contributed by atoms with Gasteiger partial charge in [-0.05, 0) is 49.3 Å². The minimum Gasteiger partial charge on any atom is -0.337 e. The summed E-state index contributed by atoms with van der Waals surface area (Å²) in [6, 6.07) is 7.91. The monoisotopic (exact) mass is 338 g/mol. The zero-order valence-corrected chi connectivity index (χ0v) is 15.2. The van der Waals surface area contributed by atoms with Gasteiger partial charge in [-0.25, -0.2) is 9.97 Å². The molecule has 1 atom stereocenters. The Morgan fingerprint density at radius 1 is 1.36 bits per heavy atom. The fourth-order valence-electron chi connectivity index (χ4n) is 3.39. The van der Waals surface area contributed by atoms with Crippen molar-refractivity contribution in [1.82, 2.24) is 14.9 Å². The van der Waals surface area contributed by atoms with Crippen LogP contribution in [0.5, 0.6) is 0 Å². The van der Waals surface area contributed by atoms with Crippen molar-refractivity contribution in [2.45, 2.75) is 40.0 Å². The molecular weight excluding hydrogens is 312 g/mol. The fourth-order valence-corrected chi connectivity index (χ4v) is 3.39. The van der Waals surface area contributed by atoms with Crippen LogP contribution < -0.4 is 5.32 Å². The van der Waals surface area contributed by atoms with Crippen molar-refractivity contribution in [2.24, 2.45) is 5.92 Å². The average Bonchev–Trinajstić information content (AvgIpc) is 2.63. The lowest BCUT2D eigenvalue weighted by Crippen LogP contribution is -2.39. The summed E-state index contributed by atoms with van der Waals surface area (Å²) in [7, 11) is 0. The molecule has 1 saturated heterocycles. The van der Waals surface area contributed by atoms with Gasteiger partial charge in [0.2, 0.25) is 5.95 Å². The number of benzene rings is 1. The van der Waals surface area contributed by atoms with Crippen LogP contribution in [0.25, 0.3) is 0 Å². The predicted molar refractivity (Wildman–Crippen MR) is 100 cm³/mol. The molecule has 1 aliphatic rings. The lowest BCUT2D eigenvalue weighted by Gasteiger charge is -2.30. The number of rotatable bonds is 4. The van der Waals surface area contributed by atoms with Gasteiger partial charge in [-0.2, -0.15) is 0 Å². The van der Waals surface area contributed by atoms with Gasteiger partial charge in [0.15, 0.2) is 0 Å². The number of hydrogen-bond donors (Lipinski definition) is 1. The van der Waals surface area contributed by atoms with Crippen LogP contribution in [0.15, 0.2) is 30.5 Å². The molecule has 0 radical (unpaired) electrons. The number of hydrogen-bond acceptors (Lipinski definition) is 4. The second-order valence-corrected chi connectivity index (χ2v) is 6.85. The van der Waals surface area contributed by atoms with Crippen LogP contribution in [-0.4, -0.2) is 33.9 Å². The number of amides is 1. The summed E-state index contributed by atoms with van der Waals surface area (Å²) in [5.74, 6) is 1.02. The minimum atomic E-state index is -0.00232. The molecule has 3 rings (SSSR count). The van der Waals surface area contributed by atoms with Crippen molar-refractivity contribution in [1.29, 1.82) is 0 Å². The number of aromatic nitrogens is 2. The lowest BCUT2D eigenvalue weighted by molar-refractivity contribution is 0.0677. The van der Waals surface area contributed by atoms with Gasteiger partial charge in [0.25, 0.3) is 5.91 Å². The SMILES string of the molecule is CCc1cccc(C)c1Nc1nccc(C(=O)N2CCCC(C)C2)n1. The molecule has 1 fully saturated rings. The maximum atomic E-state index is 12.7. The fraction of sp³-hybridized carbons (Fsp3) is 0.450. The molecule has 0 bridgehead atoms. The zero-order chi connectivity index (χ0) is 17.8. The molecule has 0 spiro atoms. The summed E-state index contributed by atoms with van der Waals surface area (Å²) in [5.41, 5.74) is 3.84. The summed E-state index contributed by atoms with van der Waals surface area (Å²) in [6.07, 6.45) is 4.83. The molecule has 1 amide bonds. The number of anilines is 2. The molecule has 25 heavy (non-hydrogen) atoms. The van der Waals surface area contributed by atoms with Gasteiger partial charge < -0.3 is 10.2 Å². The van der Waals surface area contributed by atoms with Crippen LogP contribution in [0.4, 0.5) is 11.6 Å². The number of para-hydroxylation sites is 1. The van der Waals surface area contributed by atoms with E-state index < -0.39 is 0 Å². The quantitative estimate of drug-likeness (QED) is 0.916. The maximum absolute atomic E-state index is 12.7. The highest BCUT2D eigenvalue weighted by Gasteiger charge is 2.23. The molecule has 0 saturated carbocycles. The number of likely N-dealkylation sites (tertiary alicyclic amines) is 1. The molecule has 0 aliphatic carbocycles. The molecule has 132 valence electrons. The molecule has 5 heteroatoms. The van der Waals surface area contributed by atoms with E-state index in [0.29, 0.717) is 17.6 Å². The third-order valence-electron chi connectivity index (χ3n) is 4.80. The highest BCUT2D eigenvalue weighted by molar-refractivity contribution is 5.92. The predicted octanol–water partition coefficient (Wildman–Crippen LogP) is 3.96. The van der Waals surface area contributed by atoms with E-state index in [1.807, 2.05) is 4.90 Å². The highest BCUT2D eigenvalue weighted by atomic mass is 16.2. The van der Waals surface area contributed by atoms with E-state index >= 15 is 0 Å². The Bertz CT molecular complexity index is 759. The number of carbonyl (C=O) groups excluding carboxylic acids is 1. The summed E-state index contributed by atoms with van der Waals surface area (Å²) >= 11 is 0. The molecule has 5 nitrogen and oxygen atoms in total. The molecule has 2 aromatic rings. The first kappa shape index (κ1) is 17.4. The second-order valence-electron chi connectivity index (χ2n) is 6.85. The van der Waals surface area contributed by atoms with E-state index in [1.54, 1.807) is 12.3 Å². The molecule has 1 aromatic heterocycles. The second kappa shape index (κ2) is 7.64. The normalized spacial score (nSPS) is 17.4. The smallest absolute Gasteiger partial charge is 0.272 e. The van der Waals surface area contributed by atoms with Gasteiger partial charge in [-0.1, -0.05) is 32.0 Å². The van der Waals surface area contributed by atoms with Gasteiger partial charge in [0.1, 0.15) is 5.69 Å². The van der Waals surface area contributed by atoms with E-state index in [0.717, 1.165) is 37.2 Å². The number of carbonyl (C=O) groups is 1. The van der Waals surface area contributed by atoms with Gasteiger partial charge in [-0.3, -0.25) is 4.79 Å². The summed E-state index contributed by atoms with van der Waals surface area (Å²) < 4.78 is 0. The molecule has 1 aliphatic heterocycles. The Labute approximate surface area is 149 Å². The third kappa shape index (κ3) is 3.98. The largest absolute Gasteiger partial charge is 0.337 e. The Kier molecular flexibility index (Phi) is 5.31. The van der Waals surface area contributed by atoms with Crippen LogP contribution in [0.3, 0.4) is 0 Å². The topological polar surface area (TPSA) is 58.1 Å². The van der Waals surface area contributed by atoms with E-state index in [2.05, 4.69) is 54.3 Å². The molecule has 1 unspecified atom stereocenters. The Hall–Kier alpha value is -2.43. The van der Waals surface area contributed by atoms with E-state index in [4.69, 9.17) is 0 Å². The van der Waals surface area contributed by atoms with Gasteiger partial charge >= 0.3 is 0 Å². The van der Waals surface area contributed by atoms with Gasteiger partial charge in [-0.15, -0.1) is 0 Å². The van der Waals surface area contributed by atoms with Crippen LogP contribution in [0, 0.1) is 12.8 Å². The third-order valence-corrected chi connectivity index (χ3v) is 4.80. The molecular formula is C20H26N4O. The highest BCUT2D eigenvalue weighted by Crippen LogP contribution is 2.24. The van der Waals surface area contributed by atoms with E-state index in [1.165, 1.54) is 12.0 Å². The Balaban J connectivity index is 1.81. The number of piperidine rings is 1. The Morgan fingerprint density at radius 3 is 2.96 bits per heavy atom. The lowest BCUT2D eigenvalue weighted by atomic mass is 10.00. The minimum absolute atomic E-state index is 0.00232. The summed E-state index contributed by atoms with van der Waals surface area (Å²) in [5, 5.41) is 3.31. The number of nitrogens with zero attached hydrogens (tertiary/aromatic N) is 3. The average molecular weight is 338 g/mol. The summed E-state index contributed by atoms with van der Waals surface area (Å²) in [6.45, 7) is 8.00. The number of nitrogens with one attached hydrogen (secondary N) is 1. The Morgan fingerprint density at radius 2 is 2.20 bits per heavy atom. The van der Waals surface area contributed by atoms with Crippen molar-refractivity contribution in [3.05, 3.63) is 47.3 Å². The van der Waals surface area contributed by atoms with Crippen LogP contribution in [0.2, 0.25) is 0 Å². The van der Waals surface area contributed by atoms with Crippen LogP contribution >= 0.6 is 0 Å². The first-order valence-electron chi connectivity index (χ1n) is 9.06. The molecule has 2 heterocycles. The van der Waals surface area contributed by atoms with Crippen LogP contribution in [0.1, 0.15) is 48.3 Å². The van der Waals surface area contributed by atoms with Crippen molar-refractivity contribution in [3.63, 3.8) is 0 Å². The van der Waals surface area contributed by atoms with Crippen molar-refractivity contribution >= 4 is 17.5 Å². The van der Waals surface area contributed by atoms with E-state index in [-0.39, 0.29) is 5.91 Å². The first-order chi connectivity index (χ1) is 12.1. The first-order valence-corrected chi connectivity index (χ1v) is 9.06. The van der Waals surface area contributed by atoms with Crippen LogP contribution in [-0.2, 0) is 6.42 Å². The summed E-state index contributed by atoms with van der Waals surface area (Å²) in [4.78, 5) is 23.4. The number of aryl methyl sites for hydroxylation is 2. The van der Waals surface area contributed by atoms with Gasteiger partial charge in [0, 0.05) is 25.0 Å². The van der Waals surface area contributed by atoms with Crippen molar-refractivity contribution in [3.8, 4) is 0 Å². The molecule has 1 N–H and O–H groups in total. The van der Waals surface area contributed by atoms with Crippen molar-refractivity contribution in [2.75, 3.05) is 18.4 Å². The van der Waals surface area contributed by atoms with Crippen molar-refractivity contribution < 1.29 is 4.79 Å². The standard InChI is InChI=1S/C20H26N4O/c1-4-16-9-5-8-15(3)18(16)23-20-21-11-10-17(22-20)19(25)24-12-6-7-14(2)13-24/h5,8-11,14H,4,6-7,12-13H2,1-3H3,(H,21,22,23). The van der Waals surface area contributed by atoms with E-state index in [9.17, 15) is 4.79 Å². The zero-order valence-electron chi connectivity index (χ0n) is 15.2. The maximum Gasteiger partial charge on any atom is 0.272 e. The molecule has 1 aromatic carbocycles.